The van der Waals surface area contributed by atoms with E-state index < -0.39 is 0 Å². The van der Waals surface area contributed by atoms with E-state index in [1.807, 2.05) is 12.1 Å². The van der Waals surface area contributed by atoms with Crippen molar-refractivity contribution in [1.82, 2.24) is 0 Å². The van der Waals surface area contributed by atoms with Crippen molar-refractivity contribution < 1.29 is 4.39 Å². The Kier molecular flexibility index (Phi) is 5.62. The average molecular weight is 260 g/mol. The third-order valence-electron chi connectivity index (χ3n) is 4.45. The fourth-order valence-corrected chi connectivity index (χ4v) is 3.00. The van der Waals surface area contributed by atoms with Crippen molar-refractivity contribution in [2.75, 3.05) is 0 Å². The summed E-state index contributed by atoms with van der Waals surface area (Å²) in [5, 5.41) is 0. The molecule has 1 heteroatoms. The summed E-state index contributed by atoms with van der Waals surface area (Å²) in [5.74, 6) is 1.73. The van der Waals surface area contributed by atoms with E-state index in [-0.39, 0.29) is 5.82 Å². The minimum atomic E-state index is -0.152. The monoisotopic (exact) mass is 260 g/mol. The van der Waals surface area contributed by atoms with Gasteiger partial charge < -0.3 is 0 Å². The van der Waals surface area contributed by atoms with Crippen LogP contribution in [-0.4, -0.2) is 0 Å². The molecule has 104 valence electrons. The van der Waals surface area contributed by atoms with Crippen molar-refractivity contribution >= 4 is 0 Å². The van der Waals surface area contributed by atoms with Gasteiger partial charge >= 0.3 is 0 Å². The van der Waals surface area contributed by atoms with Crippen LogP contribution in [-0.2, 0) is 6.42 Å². The normalized spacial score (nSPS) is 23.9. The SMILES string of the molecule is CCC1CCC(CC=CCc2ccc(F)cc2)CC1. The fraction of sp³-hybridized carbons (Fsp3) is 0.556. The molecule has 19 heavy (non-hydrogen) atoms. The standard InChI is InChI=1S/C18H25F/c1-2-15-7-9-16(10-8-15)5-3-4-6-17-11-13-18(19)14-12-17/h3-4,11-16H,2,5-10H2,1H3. The largest absolute Gasteiger partial charge is 0.207 e. The average Bonchev–Trinajstić information content (AvgIpc) is 2.46. The molecule has 0 aromatic heterocycles. The molecule has 1 aliphatic rings. The van der Waals surface area contributed by atoms with E-state index in [4.69, 9.17) is 0 Å². The topological polar surface area (TPSA) is 0 Å². The lowest BCUT2D eigenvalue weighted by atomic mass is 9.79. The molecule has 0 aliphatic heterocycles. The second-order valence-electron chi connectivity index (χ2n) is 5.83. The Morgan fingerprint density at radius 2 is 1.63 bits per heavy atom. The Morgan fingerprint density at radius 1 is 1.00 bits per heavy atom. The molecule has 1 aliphatic carbocycles. The molecule has 0 bridgehead atoms. The molecular weight excluding hydrogens is 235 g/mol. The maximum Gasteiger partial charge on any atom is 0.123 e. The highest BCUT2D eigenvalue weighted by atomic mass is 19.1. The van der Waals surface area contributed by atoms with Gasteiger partial charge in [-0.05, 0) is 55.2 Å². The van der Waals surface area contributed by atoms with Crippen LogP contribution in [0.25, 0.3) is 0 Å². The molecule has 0 saturated heterocycles. The van der Waals surface area contributed by atoms with Crippen molar-refractivity contribution in [1.29, 1.82) is 0 Å². The second kappa shape index (κ2) is 7.47. The Morgan fingerprint density at radius 3 is 2.26 bits per heavy atom. The summed E-state index contributed by atoms with van der Waals surface area (Å²) < 4.78 is 12.8. The van der Waals surface area contributed by atoms with E-state index in [1.54, 1.807) is 0 Å². The first kappa shape index (κ1) is 14.3. The summed E-state index contributed by atoms with van der Waals surface area (Å²) in [5.41, 5.74) is 1.19. The molecule has 0 atom stereocenters. The highest BCUT2D eigenvalue weighted by Gasteiger charge is 2.18. The van der Waals surface area contributed by atoms with Gasteiger partial charge in [-0.1, -0.05) is 50.5 Å². The maximum atomic E-state index is 12.8. The Hall–Kier alpha value is -1.11. The first-order chi connectivity index (χ1) is 9.28. The van der Waals surface area contributed by atoms with Crippen LogP contribution in [0.4, 0.5) is 4.39 Å². The number of allylic oxidation sites excluding steroid dienone is 2. The van der Waals surface area contributed by atoms with Gasteiger partial charge in [-0.3, -0.25) is 0 Å². The van der Waals surface area contributed by atoms with Crippen LogP contribution in [0.15, 0.2) is 36.4 Å². The third-order valence-corrected chi connectivity index (χ3v) is 4.45. The molecule has 0 amide bonds. The van der Waals surface area contributed by atoms with Crippen LogP contribution in [0.5, 0.6) is 0 Å². The molecule has 1 aromatic rings. The molecule has 0 unspecified atom stereocenters. The predicted octanol–water partition coefficient (Wildman–Crippen LogP) is 5.53. The molecule has 0 radical (unpaired) electrons. The lowest BCUT2D eigenvalue weighted by molar-refractivity contribution is 0.271. The van der Waals surface area contributed by atoms with Gasteiger partial charge in [-0.15, -0.1) is 0 Å². The van der Waals surface area contributed by atoms with Gasteiger partial charge in [0.15, 0.2) is 0 Å². The van der Waals surface area contributed by atoms with Gasteiger partial charge in [-0.25, -0.2) is 4.39 Å². The van der Waals surface area contributed by atoms with Crippen LogP contribution in [0.2, 0.25) is 0 Å². The number of hydrogen-bond donors (Lipinski definition) is 0. The van der Waals surface area contributed by atoms with Gasteiger partial charge in [0.1, 0.15) is 5.82 Å². The quantitative estimate of drug-likeness (QED) is 0.610. The minimum Gasteiger partial charge on any atom is -0.207 e. The van der Waals surface area contributed by atoms with E-state index in [9.17, 15) is 4.39 Å². The van der Waals surface area contributed by atoms with Gasteiger partial charge in [0.2, 0.25) is 0 Å². The van der Waals surface area contributed by atoms with E-state index in [0.29, 0.717) is 0 Å². The summed E-state index contributed by atoms with van der Waals surface area (Å²) in [4.78, 5) is 0. The Bertz CT molecular complexity index is 383. The first-order valence-electron chi connectivity index (χ1n) is 7.67. The van der Waals surface area contributed by atoms with Crippen molar-refractivity contribution in [3.05, 3.63) is 47.8 Å². The number of halogens is 1. The molecule has 0 spiro atoms. The molecule has 1 aromatic carbocycles. The van der Waals surface area contributed by atoms with E-state index in [1.165, 1.54) is 56.2 Å². The highest BCUT2D eigenvalue weighted by Crippen LogP contribution is 2.32. The van der Waals surface area contributed by atoms with Crippen LogP contribution >= 0.6 is 0 Å². The van der Waals surface area contributed by atoms with Gasteiger partial charge in [0.05, 0.1) is 0 Å². The van der Waals surface area contributed by atoms with Crippen LogP contribution in [0, 0.1) is 17.7 Å². The molecule has 0 nitrogen and oxygen atoms in total. The first-order valence-corrected chi connectivity index (χ1v) is 7.67. The van der Waals surface area contributed by atoms with Crippen molar-refractivity contribution in [3.63, 3.8) is 0 Å². The molecule has 0 heterocycles. The Labute approximate surface area is 116 Å². The number of benzene rings is 1. The highest BCUT2D eigenvalue weighted by molar-refractivity contribution is 5.18. The Balaban J connectivity index is 1.68. The fourth-order valence-electron chi connectivity index (χ4n) is 3.00. The summed E-state index contributed by atoms with van der Waals surface area (Å²) in [6, 6.07) is 6.81. The number of rotatable bonds is 5. The maximum absolute atomic E-state index is 12.8. The van der Waals surface area contributed by atoms with Crippen LogP contribution in [0.1, 0.15) is 51.0 Å². The molecule has 2 rings (SSSR count). The lowest BCUT2D eigenvalue weighted by Gasteiger charge is -2.26. The van der Waals surface area contributed by atoms with E-state index in [0.717, 1.165) is 18.3 Å². The third kappa shape index (κ3) is 4.81. The molecule has 1 saturated carbocycles. The van der Waals surface area contributed by atoms with Crippen molar-refractivity contribution in [2.24, 2.45) is 11.8 Å². The van der Waals surface area contributed by atoms with Crippen molar-refractivity contribution in [3.8, 4) is 0 Å². The van der Waals surface area contributed by atoms with Gasteiger partial charge in [0, 0.05) is 0 Å². The van der Waals surface area contributed by atoms with Gasteiger partial charge in [0.25, 0.3) is 0 Å². The molecule has 1 fully saturated rings. The lowest BCUT2D eigenvalue weighted by Crippen LogP contribution is -2.13. The minimum absolute atomic E-state index is 0.152. The van der Waals surface area contributed by atoms with Crippen molar-refractivity contribution in [2.45, 2.75) is 51.9 Å². The zero-order chi connectivity index (χ0) is 13.5. The summed E-state index contributed by atoms with van der Waals surface area (Å²) in [6.45, 7) is 2.31. The number of hydrogen-bond acceptors (Lipinski definition) is 0. The second-order valence-corrected chi connectivity index (χ2v) is 5.83. The van der Waals surface area contributed by atoms with Gasteiger partial charge in [-0.2, -0.15) is 0 Å². The van der Waals surface area contributed by atoms with Crippen LogP contribution in [0.3, 0.4) is 0 Å². The van der Waals surface area contributed by atoms with Crippen LogP contribution < -0.4 is 0 Å². The zero-order valence-corrected chi connectivity index (χ0v) is 11.9. The predicted molar refractivity (Wildman–Crippen MR) is 79.6 cm³/mol. The van der Waals surface area contributed by atoms with E-state index >= 15 is 0 Å². The summed E-state index contributed by atoms with van der Waals surface area (Å²) in [6.07, 6.45) is 13.7. The molecular formula is C18H25F. The zero-order valence-electron chi connectivity index (χ0n) is 11.9. The summed E-state index contributed by atoms with van der Waals surface area (Å²) >= 11 is 0. The summed E-state index contributed by atoms with van der Waals surface area (Å²) in [7, 11) is 0. The van der Waals surface area contributed by atoms with E-state index in [2.05, 4.69) is 19.1 Å². The smallest absolute Gasteiger partial charge is 0.123 e. The molecule has 0 N–H and O–H groups in total.